The Morgan fingerprint density at radius 2 is 1.81 bits per heavy atom. The van der Waals surface area contributed by atoms with Crippen LogP contribution in [0.4, 0.5) is 0 Å². The molecule has 0 amide bonds. The van der Waals surface area contributed by atoms with Crippen molar-refractivity contribution in [3.8, 4) is 11.8 Å². The second kappa shape index (κ2) is 11.7. The van der Waals surface area contributed by atoms with E-state index in [2.05, 4.69) is 17.2 Å². The highest BCUT2D eigenvalue weighted by molar-refractivity contribution is 5.86. The van der Waals surface area contributed by atoms with Crippen LogP contribution in [0.1, 0.15) is 100 Å². The van der Waals surface area contributed by atoms with E-state index in [1.807, 2.05) is 25.2 Å². The average molecular weight is 716 g/mol. The lowest BCUT2D eigenvalue weighted by Crippen LogP contribution is -2.82. The van der Waals surface area contributed by atoms with Crippen LogP contribution in [-0.2, 0) is 27.4 Å². The molecule has 4 bridgehead atoms. The predicted octanol–water partition coefficient (Wildman–Crippen LogP) is 2.22. The minimum absolute atomic E-state index is 0.0552. The third kappa shape index (κ3) is 4.22. The van der Waals surface area contributed by atoms with Gasteiger partial charge in [-0.15, -0.1) is 0 Å². The fraction of sp³-hybridized carbons (Fsp3) is 0.714. The van der Waals surface area contributed by atoms with Gasteiger partial charge in [-0.05, 0) is 105 Å². The first-order valence-corrected chi connectivity index (χ1v) is 19.7. The van der Waals surface area contributed by atoms with Crippen molar-refractivity contribution in [2.24, 2.45) is 39.9 Å². The highest BCUT2D eigenvalue weighted by atomic mass is 16.5. The molecule has 6 fully saturated rings. The summed E-state index contributed by atoms with van der Waals surface area (Å²) in [6, 6.07) is 5.58. The zero-order valence-electron chi connectivity index (χ0n) is 30.0. The molecule has 0 saturated heterocycles. The minimum Gasteiger partial charge on any atom is -0.454 e. The van der Waals surface area contributed by atoms with Gasteiger partial charge in [0.15, 0.2) is 0 Å². The van der Waals surface area contributed by atoms with E-state index in [0.717, 1.165) is 54.2 Å². The van der Waals surface area contributed by atoms with Crippen molar-refractivity contribution >= 4 is 12.3 Å². The molecule has 8 aliphatic carbocycles. The first kappa shape index (κ1) is 35.1. The van der Waals surface area contributed by atoms with Gasteiger partial charge >= 0.3 is 5.97 Å². The molecule has 1 aromatic rings. The lowest BCUT2D eigenvalue weighted by molar-refractivity contribution is -0.355. The number of aldehydes is 1. The molecule has 6 saturated carbocycles. The Bertz CT molecular complexity index is 1780. The molecule has 13 atom stereocenters. The van der Waals surface area contributed by atoms with Gasteiger partial charge in [-0.2, -0.15) is 0 Å². The molecule has 1 aliphatic heterocycles. The van der Waals surface area contributed by atoms with E-state index in [1.54, 1.807) is 6.08 Å². The Morgan fingerprint density at radius 1 is 1.04 bits per heavy atom. The average Bonchev–Trinajstić information content (AvgIpc) is 3.82. The lowest BCUT2D eigenvalue weighted by Gasteiger charge is -2.71. The topological polar surface area (TPSA) is 177 Å². The van der Waals surface area contributed by atoms with Crippen LogP contribution in [0, 0.1) is 51.8 Å². The summed E-state index contributed by atoms with van der Waals surface area (Å²) in [6.45, 7) is -0.129. The summed E-state index contributed by atoms with van der Waals surface area (Å²) in [6.07, 6.45) is 5.27. The van der Waals surface area contributed by atoms with Crippen molar-refractivity contribution in [1.82, 2.24) is 5.32 Å². The molecule has 52 heavy (non-hydrogen) atoms. The molecule has 1 aromatic carbocycles. The molecule has 10 heteroatoms. The van der Waals surface area contributed by atoms with Crippen molar-refractivity contribution in [3.05, 3.63) is 46.5 Å². The van der Waals surface area contributed by atoms with Gasteiger partial charge in [0.25, 0.3) is 0 Å². The fourth-order valence-corrected chi connectivity index (χ4v) is 14.5. The van der Waals surface area contributed by atoms with Gasteiger partial charge in [0, 0.05) is 54.2 Å². The van der Waals surface area contributed by atoms with Crippen LogP contribution in [0.25, 0.3) is 0 Å². The molecule has 13 unspecified atom stereocenters. The monoisotopic (exact) mass is 715 g/mol. The van der Waals surface area contributed by atoms with Crippen molar-refractivity contribution < 1.29 is 45.0 Å². The first-order chi connectivity index (χ1) is 24.9. The number of likely N-dealkylation sites (N-methyl/N-ethyl adjacent to an activating group) is 1. The Balaban J connectivity index is 1.21. The summed E-state index contributed by atoms with van der Waals surface area (Å²) in [5.74, 6) is 4.67. The van der Waals surface area contributed by atoms with Gasteiger partial charge in [-0.25, -0.2) is 4.79 Å². The van der Waals surface area contributed by atoms with Crippen LogP contribution in [-0.4, -0.2) is 91.1 Å². The Hall–Kier alpha value is -2.62. The predicted molar refractivity (Wildman–Crippen MR) is 188 cm³/mol. The van der Waals surface area contributed by atoms with Gasteiger partial charge in [0.1, 0.15) is 23.6 Å². The number of hydrogen-bond donors (Lipinski definition) is 7. The van der Waals surface area contributed by atoms with Crippen molar-refractivity contribution in [1.29, 1.82) is 0 Å². The highest BCUT2D eigenvalue weighted by Crippen LogP contribution is 2.77. The Labute approximate surface area is 305 Å². The normalized spacial score (nSPS) is 48.3. The molecule has 7 N–H and O–H groups in total. The first-order valence-electron chi connectivity index (χ1n) is 19.7. The maximum Gasteiger partial charge on any atom is 0.331 e. The summed E-state index contributed by atoms with van der Waals surface area (Å²) in [5.41, 5.74) is -5.43. The lowest BCUT2D eigenvalue weighted by atomic mass is 9.36. The molecule has 10 rings (SSSR count). The van der Waals surface area contributed by atoms with E-state index >= 15 is 0 Å². The SMILES string of the molecule is CNC1Cc2c(cccc2CO)C#CCCC23CCC4C5(C=O)CC6(CCCC6)C(O)CC5(O)CC(O)C4(O)C2(O)CC2CC1C1OC(=O)C=C1C23. The number of carbonyl (C=O) groups excluding carboxylic acids is 2. The fourth-order valence-electron chi connectivity index (χ4n) is 14.5. The summed E-state index contributed by atoms with van der Waals surface area (Å²) in [4.78, 5) is 26.9. The van der Waals surface area contributed by atoms with Crippen LogP contribution in [0.5, 0.6) is 0 Å². The molecule has 2 spiro atoms. The number of rotatable bonds is 3. The molecule has 9 aliphatic rings. The molecule has 0 radical (unpaired) electrons. The van der Waals surface area contributed by atoms with Crippen molar-refractivity contribution in [3.63, 3.8) is 0 Å². The number of fused-ring (bicyclic) bond motifs is 7. The van der Waals surface area contributed by atoms with Crippen molar-refractivity contribution in [2.75, 3.05) is 7.05 Å². The van der Waals surface area contributed by atoms with Crippen LogP contribution in [0.2, 0.25) is 0 Å². The second-order valence-electron chi connectivity index (χ2n) is 18.2. The van der Waals surface area contributed by atoms with E-state index in [-0.39, 0.29) is 62.5 Å². The largest absolute Gasteiger partial charge is 0.454 e. The number of aliphatic hydroxyl groups excluding tert-OH is 3. The molecular formula is C42H53NO9. The van der Waals surface area contributed by atoms with Crippen LogP contribution < -0.4 is 5.32 Å². The van der Waals surface area contributed by atoms with E-state index in [4.69, 9.17) is 4.74 Å². The summed E-state index contributed by atoms with van der Waals surface area (Å²) < 4.78 is 6.13. The van der Waals surface area contributed by atoms with Crippen molar-refractivity contribution in [2.45, 2.75) is 138 Å². The molecule has 10 nitrogen and oxygen atoms in total. The number of nitrogens with one attached hydrogen (secondary N) is 1. The third-order valence-electron chi connectivity index (χ3n) is 16.6. The summed E-state index contributed by atoms with van der Waals surface area (Å²) in [5, 5.41) is 77.1. The maximum atomic E-state index is 13.7. The number of benzene rings is 1. The molecule has 280 valence electrons. The molecule has 1 heterocycles. The van der Waals surface area contributed by atoms with Gasteiger partial charge < -0.3 is 45.5 Å². The van der Waals surface area contributed by atoms with Crippen LogP contribution in [0.15, 0.2) is 29.8 Å². The Kier molecular flexibility index (Phi) is 7.89. The van der Waals surface area contributed by atoms with Crippen LogP contribution >= 0.6 is 0 Å². The zero-order valence-corrected chi connectivity index (χ0v) is 30.0. The van der Waals surface area contributed by atoms with Gasteiger partial charge in [0.2, 0.25) is 0 Å². The summed E-state index contributed by atoms with van der Waals surface area (Å²) >= 11 is 0. The quantitative estimate of drug-likeness (QED) is 0.140. The molecular weight excluding hydrogens is 662 g/mol. The van der Waals surface area contributed by atoms with E-state index in [9.17, 15) is 40.2 Å². The standard InChI is InChI=1S/C42H53NO9/c1-43-30-16-27-24(8-6-9-25(27)21-44)7-2-3-13-38-14-10-31-39(23-45)22-37(11-4-5-12-37)32(46)19-40(39,49)20-33(47)42(31,51)41(38,50)18-26-15-28(30)36-29(35(26)38)17-34(48)52-36/h6,8-9,17,23,26,28,30-33,35-36,43-44,46-47,49-51H,3-5,10-16,18-22H2,1H3. The van der Waals surface area contributed by atoms with Crippen LogP contribution in [0.3, 0.4) is 0 Å². The number of hydrogen-bond acceptors (Lipinski definition) is 10. The minimum atomic E-state index is -2.15. The smallest absolute Gasteiger partial charge is 0.331 e. The zero-order chi connectivity index (χ0) is 36.5. The second-order valence-corrected chi connectivity index (χ2v) is 18.2. The number of esters is 1. The highest BCUT2D eigenvalue weighted by Gasteiger charge is 2.83. The van der Waals surface area contributed by atoms with E-state index in [0.29, 0.717) is 32.1 Å². The summed E-state index contributed by atoms with van der Waals surface area (Å²) in [7, 11) is 1.88. The molecule has 0 aromatic heterocycles. The number of aliphatic hydroxyl groups is 6. The van der Waals surface area contributed by atoms with Gasteiger partial charge in [0.05, 0.1) is 29.8 Å². The van der Waals surface area contributed by atoms with E-state index < -0.39 is 63.2 Å². The van der Waals surface area contributed by atoms with E-state index in [1.165, 1.54) is 0 Å². The number of ether oxygens (including phenoxy) is 1. The Morgan fingerprint density at radius 3 is 2.54 bits per heavy atom. The van der Waals surface area contributed by atoms with Gasteiger partial charge in [-0.3, -0.25) is 0 Å². The third-order valence-corrected chi connectivity index (χ3v) is 16.6. The maximum absolute atomic E-state index is 13.7. The number of carbonyl (C=O) groups is 2. The van der Waals surface area contributed by atoms with Gasteiger partial charge in [-0.1, -0.05) is 36.8 Å².